The van der Waals surface area contributed by atoms with Gasteiger partial charge < -0.3 is 0 Å². The minimum atomic E-state index is 0.735. The van der Waals surface area contributed by atoms with Crippen LogP contribution < -0.4 is 0 Å². The monoisotopic (exact) mass is 459 g/mol. The molecule has 1 heterocycles. The van der Waals surface area contributed by atoms with Crippen LogP contribution in [0.1, 0.15) is 5.56 Å². The van der Waals surface area contributed by atoms with Gasteiger partial charge in [-0.1, -0.05) is 76.6 Å². The molecule has 1 nitrogen and oxygen atoms in total. The largest absolute Gasteiger partial charge is 0.228 e. The molecule has 6 heteroatoms. The van der Waals surface area contributed by atoms with E-state index in [9.17, 15) is 0 Å². The lowest BCUT2D eigenvalue weighted by atomic mass is 10.2. The predicted molar refractivity (Wildman–Crippen MR) is 123 cm³/mol. The third kappa shape index (κ3) is 4.94. The van der Waals surface area contributed by atoms with Crippen LogP contribution in [0.15, 0.2) is 91.8 Å². The first-order valence-corrected chi connectivity index (χ1v) is 11.7. The Morgan fingerprint density at radius 1 is 0.714 bits per heavy atom. The van der Waals surface area contributed by atoms with Gasteiger partial charge >= 0.3 is 0 Å². The zero-order chi connectivity index (χ0) is 19.5. The Labute approximate surface area is 187 Å². The number of thiazole rings is 1. The van der Waals surface area contributed by atoms with Crippen LogP contribution >= 0.6 is 58.1 Å². The minimum absolute atomic E-state index is 0.735. The standard InChI is InChI=1S/C22H15Cl2NS3/c1-14-2-4-15(5-3-14)20-25-21(26-18-10-6-16(23)7-11-18)22(28-20)27-19-12-8-17(24)9-13-19/h2-13H,1H3. The summed E-state index contributed by atoms with van der Waals surface area (Å²) in [6.07, 6.45) is 0. The molecule has 0 N–H and O–H groups in total. The third-order valence-corrected chi connectivity index (χ3v) is 7.96. The molecule has 0 spiro atoms. The molecule has 0 aliphatic heterocycles. The van der Waals surface area contributed by atoms with E-state index < -0.39 is 0 Å². The fourth-order valence-corrected chi connectivity index (χ4v) is 6.00. The SMILES string of the molecule is Cc1ccc(-c2nc(Sc3ccc(Cl)cc3)c(Sc3ccc(Cl)cc3)s2)cc1. The molecule has 4 aromatic rings. The number of hydrogen-bond donors (Lipinski definition) is 0. The molecular formula is C22H15Cl2NS3. The number of rotatable bonds is 5. The van der Waals surface area contributed by atoms with Gasteiger partial charge in [-0.15, -0.1) is 11.3 Å². The van der Waals surface area contributed by atoms with E-state index in [4.69, 9.17) is 28.2 Å². The van der Waals surface area contributed by atoms with Gasteiger partial charge in [0.25, 0.3) is 0 Å². The van der Waals surface area contributed by atoms with Gasteiger partial charge in [0.05, 0.1) is 4.21 Å². The first kappa shape index (κ1) is 19.9. The van der Waals surface area contributed by atoms with Crippen molar-refractivity contribution in [2.24, 2.45) is 0 Å². The molecule has 1 aromatic heterocycles. The summed E-state index contributed by atoms with van der Waals surface area (Å²) in [6, 6.07) is 24.3. The van der Waals surface area contributed by atoms with Crippen LogP contribution in [0.2, 0.25) is 10.0 Å². The molecular weight excluding hydrogens is 445 g/mol. The smallest absolute Gasteiger partial charge is 0.127 e. The summed E-state index contributed by atoms with van der Waals surface area (Å²) in [5, 5.41) is 3.50. The van der Waals surface area contributed by atoms with Gasteiger partial charge in [0, 0.05) is 25.4 Å². The molecule has 0 aliphatic carbocycles. The van der Waals surface area contributed by atoms with Crippen LogP contribution in [0, 0.1) is 6.92 Å². The maximum absolute atomic E-state index is 6.03. The Hall–Kier alpha value is -1.43. The Morgan fingerprint density at radius 3 is 1.82 bits per heavy atom. The Morgan fingerprint density at radius 2 is 1.25 bits per heavy atom. The average Bonchev–Trinajstić information content (AvgIpc) is 3.08. The van der Waals surface area contributed by atoms with E-state index >= 15 is 0 Å². The minimum Gasteiger partial charge on any atom is -0.228 e. The quantitative estimate of drug-likeness (QED) is 0.296. The van der Waals surface area contributed by atoms with Crippen LogP contribution in [-0.2, 0) is 0 Å². The second-order valence-electron chi connectivity index (χ2n) is 6.09. The average molecular weight is 460 g/mol. The van der Waals surface area contributed by atoms with E-state index in [1.54, 1.807) is 34.9 Å². The van der Waals surface area contributed by atoms with E-state index in [2.05, 4.69) is 31.2 Å². The highest BCUT2D eigenvalue weighted by Gasteiger charge is 2.15. The van der Waals surface area contributed by atoms with Gasteiger partial charge in [-0.3, -0.25) is 0 Å². The second kappa shape index (κ2) is 8.93. The molecule has 3 aromatic carbocycles. The molecule has 4 rings (SSSR count). The first-order chi connectivity index (χ1) is 13.6. The zero-order valence-corrected chi connectivity index (χ0v) is 18.8. The molecule has 0 amide bonds. The molecule has 140 valence electrons. The highest BCUT2D eigenvalue weighted by molar-refractivity contribution is 8.03. The normalized spacial score (nSPS) is 11.0. The summed E-state index contributed by atoms with van der Waals surface area (Å²) in [4.78, 5) is 7.20. The van der Waals surface area contributed by atoms with Crippen molar-refractivity contribution in [2.45, 2.75) is 25.9 Å². The van der Waals surface area contributed by atoms with E-state index in [-0.39, 0.29) is 0 Å². The summed E-state index contributed by atoms with van der Waals surface area (Å²) in [7, 11) is 0. The fourth-order valence-electron chi connectivity index (χ4n) is 2.46. The molecule has 0 radical (unpaired) electrons. The van der Waals surface area contributed by atoms with Crippen LogP contribution in [0.5, 0.6) is 0 Å². The molecule has 0 atom stereocenters. The van der Waals surface area contributed by atoms with Crippen molar-refractivity contribution in [1.82, 2.24) is 4.98 Å². The lowest BCUT2D eigenvalue weighted by Gasteiger charge is -2.03. The highest BCUT2D eigenvalue weighted by Crippen LogP contribution is 2.44. The van der Waals surface area contributed by atoms with Crippen molar-refractivity contribution < 1.29 is 0 Å². The number of benzene rings is 3. The lowest BCUT2D eigenvalue weighted by Crippen LogP contribution is -1.79. The second-order valence-corrected chi connectivity index (χ2v) is 10.4. The molecule has 0 unspecified atom stereocenters. The van der Waals surface area contributed by atoms with Crippen molar-refractivity contribution in [2.75, 3.05) is 0 Å². The number of hydrogen-bond acceptors (Lipinski definition) is 4. The highest BCUT2D eigenvalue weighted by atomic mass is 35.5. The maximum atomic E-state index is 6.03. The van der Waals surface area contributed by atoms with Crippen molar-refractivity contribution in [3.63, 3.8) is 0 Å². The fraction of sp³-hybridized carbons (Fsp3) is 0.0455. The topological polar surface area (TPSA) is 12.9 Å². The van der Waals surface area contributed by atoms with Crippen LogP contribution in [0.4, 0.5) is 0 Å². The number of halogens is 2. The van der Waals surface area contributed by atoms with Gasteiger partial charge in [0.1, 0.15) is 10.0 Å². The number of aromatic nitrogens is 1. The Kier molecular flexibility index (Phi) is 6.34. The van der Waals surface area contributed by atoms with E-state index in [1.807, 2.05) is 48.5 Å². The first-order valence-electron chi connectivity index (χ1n) is 8.51. The third-order valence-electron chi connectivity index (χ3n) is 3.92. The summed E-state index contributed by atoms with van der Waals surface area (Å²) >= 11 is 17.1. The Bertz CT molecular complexity index is 1010. The molecule has 0 bridgehead atoms. The summed E-state index contributed by atoms with van der Waals surface area (Å²) in [5.74, 6) is 0. The molecule has 28 heavy (non-hydrogen) atoms. The van der Waals surface area contributed by atoms with Crippen molar-refractivity contribution in [3.8, 4) is 10.6 Å². The van der Waals surface area contributed by atoms with Crippen molar-refractivity contribution in [3.05, 3.63) is 88.4 Å². The summed E-state index contributed by atoms with van der Waals surface area (Å²) < 4.78 is 1.16. The molecule has 0 aliphatic rings. The van der Waals surface area contributed by atoms with Crippen molar-refractivity contribution >= 4 is 58.1 Å². The maximum Gasteiger partial charge on any atom is 0.127 e. The van der Waals surface area contributed by atoms with Gasteiger partial charge in [-0.2, -0.15) is 0 Å². The zero-order valence-electron chi connectivity index (χ0n) is 14.9. The van der Waals surface area contributed by atoms with Gasteiger partial charge in [0.15, 0.2) is 0 Å². The number of aryl methyl sites for hydroxylation is 1. The summed E-state index contributed by atoms with van der Waals surface area (Å²) in [5.41, 5.74) is 2.38. The molecule has 0 saturated heterocycles. The van der Waals surface area contributed by atoms with Crippen molar-refractivity contribution in [1.29, 1.82) is 0 Å². The Balaban J connectivity index is 1.69. The number of nitrogens with zero attached hydrogens (tertiary/aromatic N) is 1. The van der Waals surface area contributed by atoms with Crippen LogP contribution in [0.25, 0.3) is 10.6 Å². The van der Waals surface area contributed by atoms with E-state index in [0.29, 0.717) is 0 Å². The van der Waals surface area contributed by atoms with Crippen LogP contribution in [0.3, 0.4) is 0 Å². The van der Waals surface area contributed by atoms with E-state index in [1.165, 1.54) is 5.56 Å². The van der Waals surface area contributed by atoms with Gasteiger partial charge in [-0.05, 0) is 55.5 Å². The van der Waals surface area contributed by atoms with Crippen LogP contribution in [-0.4, -0.2) is 4.98 Å². The molecule has 0 fully saturated rings. The van der Waals surface area contributed by atoms with Gasteiger partial charge in [-0.25, -0.2) is 4.98 Å². The molecule has 0 saturated carbocycles. The predicted octanol–water partition coefficient (Wildman–Crippen LogP) is 8.73. The summed E-state index contributed by atoms with van der Waals surface area (Å²) in [6.45, 7) is 2.09. The lowest BCUT2D eigenvalue weighted by molar-refractivity contribution is 1.13. The van der Waals surface area contributed by atoms with E-state index in [0.717, 1.165) is 39.6 Å². The van der Waals surface area contributed by atoms with Gasteiger partial charge in [0.2, 0.25) is 0 Å².